The summed E-state index contributed by atoms with van der Waals surface area (Å²) in [5.41, 5.74) is 0.724. The van der Waals surface area contributed by atoms with Crippen molar-refractivity contribution in [3.05, 3.63) is 62.6 Å². The third-order valence-electron chi connectivity index (χ3n) is 5.27. The van der Waals surface area contributed by atoms with E-state index in [1.807, 2.05) is 30.3 Å². The Morgan fingerprint density at radius 2 is 1.77 bits per heavy atom. The summed E-state index contributed by atoms with van der Waals surface area (Å²) in [6.07, 6.45) is 0.539. The average molecular weight is 428 g/mol. The Balaban J connectivity index is 1.71. The lowest BCUT2D eigenvalue weighted by molar-refractivity contribution is 0.0410. The second kappa shape index (κ2) is 9.11. The number of ether oxygens (including phenoxy) is 1. The highest BCUT2D eigenvalue weighted by Crippen LogP contribution is 2.23. The zero-order valence-corrected chi connectivity index (χ0v) is 18.0. The average Bonchev–Trinajstić information content (AvgIpc) is 2.77. The van der Waals surface area contributed by atoms with Gasteiger partial charge >= 0.3 is 5.69 Å². The highest BCUT2D eigenvalue weighted by Gasteiger charge is 2.18. The maximum absolute atomic E-state index is 12.9. The molecule has 8 nitrogen and oxygen atoms in total. The Bertz CT molecular complexity index is 1150. The largest absolute Gasteiger partial charge is 0.379 e. The van der Waals surface area contributed by atoms with Crippen molar-refractivity contribution < 1.29 is 4.74 Å². The van der Waals surface area contributed by atoms with Crippen LogP contribution in [0, 0.1) is 0 Å². The molecule has 0 amide bonds. The van der Waals surface area contributed by atoms with Crippen LogP contribution < -0.4 is 11.2 Å². The summed E-state index contributed by atoms with van der Waals surface area (Å²) in [6, 6.07) is 9.94. The fourth-order valence-corrected chi connectivity index (χ4v) is 4.57. The molecule has 1 fully saturated rings. The fourth-order valence-electron chi connectivity index (χ4n) is 3.53. The Morgan fingerprint density at radius 3 is 2.50 bits per heavy atom. The van der Waals surface area contributed by atoms with Gasteiger partial charge in [0.25, 0.3) is 5.56 Å². The molecule has 1 aliphatic rings. The summed E-state index contributed by atoms with van der Waals surface area (Å²) >= 11 is 1.54. The first kappa shape index (κ1) is 20.8. The SMILES string of the molecule is Cn1c(=O)c2c(SCCN3CCOCC3)nc(Cc3ccccc3)nc2n(C)c1=O. The predicted molar refractivity (Wildman–Crippen MR) is 117 cm³/mol. The van der Waals surface area contributed by atoms with E-state index in [9.17, 15) is 9.59 Å². The number of morpholine rings is 1. The molecule has 1 aromatic carbocycles. The molecule has 2 aromatic heterocycles. The molecule has 0 spiro atoms. The molecule has 1 saturated heterocycles. The lowest BCUT2D eigenvalue weighted by Gasteiger charge is -2.26. The third-order valence-corrected chi connectivity index (χ3v) is 6.22. The molecular formula is C21H25N5O3S. The predicted octanol–water partition coefficient (Wildman–Crippen LogP) is 1.04. The van der Waals surface area contributed by atoms with Gasteiger partial charge in [-0.25, -0.2) is 14.8 Å². The van der Waals surface area contributed by atoms with E-state index in [2.05, 4.69) is 9.88 Å². The second-order valence-electron chi connectivity index (χ2n) is 7.31. The monoisotopic (exact) mass is 427 g/mol. The minimum atomic E-state index is -0.388. The van der Waals surface area contributed by atoms with Crippen molar-refractivity contribution >= 4 is 22.8 Å². The molecule has 0 saturated carbocycles. The molecule has 4 rings (SSSR count). The van der Waals surface area contributed by atoms with Gasteiger partial charge in [0.2, 0.25) is 0 Å². The van der Waals surface area contributed by atoms with E-state index in [0.29, 0.717) is 28.3 Å². The Labute approximate surface area is 178 Å². The van der Waals surface area contributed by atoms with Crippen molar-refractivity contribution in [2.45, 2.75) is 11.4 Å². The minimum absolute atomic E-state index is 0.353. The van der Waals surface area contributed by atoms with E-state index >= 15 is 0 Å². The highest BCUT2D eigenvalue weighted by atomic mass is 32.2. The number of benzene rings is 1. The van der Waals surface area contributed by atoms with Gasteiger partial charge in [-0.05, 0) is 5.56 Å². The van der Waals surface area contributed by atoms with Crippen LogP contribution in [0.1, 0.15) is 11.4 Å². The van der Waals surface area contributed by atoms with E-state index in [4.69, 9.17) is 9.72 Å². The Hall–Kier alpha value is -2.49. The van der Waals surface area contributed by atoms with Crippen LogP contribution in [0.3, 0.4) is 0 Å². The van der Waals surface area contributed by atoms with E-state index in [-0.39, 0.29) is 11.2 Å². The molecule has 30 heavy (non-hydrogen) atoms. The lowest BCUT2D eigenvalue weighted by Crippen LogP contribution is -2.38. The van der Waals surface area contributed by atoms with Gasteiger partial charge in [0, 0.05) is 45.9 Å². The van der Waals surface area contributed by atoms with Crippen LogP contribution in [0.5, 0.6) is 0 Å². The van der Waals surface area contributed by atoms with Crippen molar-refractivity contribution in [2.24, 2.45) is 14.1 Å². The summed E-state index contributed by atoms with van der Waals surface area (Å²) in [4.78, 5) is 37.0. The van der Waals surface area contributed by atoms with Crippen LogP contribution in [-0.4, -0.2) is 62.6 Å². The second-order valence-corrected chi connectivity index (χ2v) is 8.40. The molecule has 9 heteroatoms. The molecule has 1 aliphatic heterocycles. The number of aromatic nitrogens is 4. The molecule has 3 aromatic rings. The van der Waals surface area contributed by atoms with Gasteiger partial charge < -0.3 is 4.74 Å². The molecule has 0 atom stereocenters. The van der Waals surface area contributed by atoms with Gasteiger partial charge in [0.05, 0.1) is 13.2 Å². The summed E-state index contributed by atoms with van der Waals surface area (Å²) in [5, 5.41) is 1.04. The number of rotatable bonds is 6. The molecule has 0 aliphatic carbocycles. The summed E-state index contributed by atoms with van der Waals surface area (Å²) < 4.78 is 7.95. The maximum atomic E-state index is 12.9. The molecule has 158 valence electrons. The Kier molecular flexibility index (Phi) is 6.31. The third kappa shape index (κ3) is 4.33. The number of thioether (sulfide) groups is 1. The molecule has 0 N–H and O–H groups in total. The first-order valence-electron chi connectivity index (χ1n) is 9.98. The number of hydrogen-bond acceptors (Lipinski definition) is 7. The molecular weight excluding hydrogens is 402 g/mol. The van der Waals surface area contributed by atoms with Crippen LogP contribution in [0.25, 0.3) is 11.0 Å². The summed E-state index contributed by atoms with van der Waals surface area (Å²) in [6.45, 7) is 4.23. The molecule has 0 bridgehead atoms. The molecule has 3 heterocycles. The van der Waals surface area contributed by atoms with Gasteiger partial charge in [0.1, 0.15) is 16.2 Å². The number of aryl methyl sites for hydroxylation is 1. The topological polar surface area (TPSA) is 82.2 Å². The van der Waals surface area contributed by atoms with Gasteiger partial charge in [-0.1, -0.05) is 30.3 Å². The highest BCUT2D eigenvalue weighted by molar-refractivity contribution is 7.99. The standard InChI is InChI=1S/C21H25N5O3S/c1-24-18-17(20(27)25(2)21(24)28)19(30-13-10-26-8-11-29-12-9-26)23-16(22-18)14-15-6-4-3-5-7-15/h3-7H,8-14H2,1-2H3. The van der Waals surface area contributed by atoms with Crippen LogP contribution in [0.2, 0.25) is 0 Å². The van der Waals surface area contributed by atoms with Gasteiger partial charge in [0.15, 0.2) is 5.65 Å². The van der Waals surface area contributed by atoms with E-state index in [1.165, 1.54) is 11.6 Å². The van der Waals surface area contributed by atoms with Crippen molar-refractivity contribution in [2.75, 3.05) is 38.6 Å². The van der Waals surface area contributed by atoms with E-state index in [0.717, 1.165) is 48.7 Å². The van der Waals surface area contributed by atoms with E-state index < -0.39 is 0 Å². The van der Waals surface area contributed by atoms with Crippen LogP contribution in [0.15, 0.2) is 44.9 Å². The number of nitrogens with zero attached hydrogens (tertiary/aromatic N) is 5. The van der Waals surface area contributed by atoms with Crippen LogP contribution in [-0.2, 0) is 25.3 Å². The Morgan fingerprint density at radius 1 is 1.03 bits per heavy atom. The van der Waals surface area contributed by atoms with Crippen LogP contribution in [0.4, 0.5) is 0 Å². The smallest absolute Gasteiger partial charge is 0.332 e. The molecule has 0 unspecified atom stereocenters. The van der Waals surface area contributed by atoms with Crippen molar-refractivity contribution in [3.8, 4) is 0 Å². The first-order chi connectivity index (χ1) is 14.5. The summed E-state index contributed by atoms with van der Waals surface area (Å²) in [5.74, 6) is 1.40. The van der Waals surface area contributed by atoms with E-state index in [1.54, 1.807) is 18.8 Å². The van der Waals surface area contributed by atoms with Crippen molar-refractivity contribution in [1.29, 1.82) is 0 Å². The van der Waals surface area contributed by atoms with Crippen LogP contribution >= 0.6 is 11.8 Å². The maximum Gasteiger partial charge on any atom is 0.332 e. The quantitative estimate of drug-likeness (QED) is 0.429. The first-order valence-corrected chi connectivity index (χ1v) is 11.0. The lowest BCUT2D eigenvalue weighted by atomic mass is 10.1. The zero-order chi connectivity index (χ0) is 21.1. The number of hydrogen-bond donors (Lipinski definition) is 0. The summed E-state index contributed by atoms with van der Waals surface area (Å²) in [7, 11) is 3.13. The normalized spacial score (nSPS) is 15.0. The van der Waals surface area contributed by atoms with Gasteiger partial charge in [-0.15, -0.1) is 11.8 Å². The fraction of sp³-hybridized carbons (Fsp3) is 0.429. The zero-order valence-electron chi connectivity index (χ0n) is 17.2. The van der Waals surface area contributed by atoms with Gasteiger partial charge in [-0.2, -0.15) is 0 Å². The minimum Gasteiger partial charge on any atom is -0.379 e. The van der Waals surface area contributed by atoms with Crippen molar-refractivity contribution in [1.82, 2.24) is 24.0 Å². The molecule has 0 radical (unpaired) electrons. The van der Waals surface area contributed by atoms with Crippen molar-refractivity contribution in [3.63, 3.8) is 0 Å². The number of fused-ring (bicyclic) bond motifs is 1. The van der Waals surface area contributed by atoms with Gasteiger partial charge in [-0.3, -0.25) is 18.8 Å².